The molecule has 0 aliphatic carbocycles. The highest BCUT2D eigenvalue weighted by Crippen LogP contribution is 2.30. The highest BCUT2D eigenvalue weighted by Gasteiger charge is 2.07. The molecule has 0 radical (unpaired) electrons. The Kier molecular flexibility index (Phi) is 6.37. The lowest BCUT2D eigenvalue weighted by Crippen LogP contribution is -2.09. The summed E-state index contributed by atoms with van der Waals surface area (Å²) in [6.45, 7) is 1.40. The summed E-state index contributed by atoms with van der Waals surface area (Å²) in [5.41, 5.74) is 0.763. The fourth-order valence-corrected chi connectivity index (χ4v) is 1.90. The summed E-state index contributed by atoms with van der Waals surface area (Å²) in [5, 5.41) is 14.1. The van der Waals surface area contributed by atoms with Gasteiger partial charge in [-0.3, -0.25) is 0 Å². The fourth-order valence-electron chi connectivity index (χ4n) is 1.90. The first-order valence-corrected chi connectivity index (χ1v) is 7.18. The maximum absolute atomic E-state index is 5.35. The summed E-state index contributed by atoms with van der Waals surface area (Å²) in [7, 11) is 4.88. The molecular weight excluding hydrogens is 298 g/mol. The lowest BCUT2D eigenvalue weighted by Gasteiger charge is -2.12. The van der Waals surface area contributed by atoms with Crippen molar-refractivity contribution in [3.8, 4) is 11.5 Å². The topological polar surface area (TPSA) is 90.4 Å². The molecule has 0 aliphatic heterocycles. The van der Waals surface area contributed by atoms with Crippen molar-refractivity contribution in [2.24, 2.45) is 0 Å². The Morgan fingerprint density at radius 3 is 2.74 bits per heavy atom. The monoisotopic (exact) mass is 319 g/mol. The molecule has 124 valence electrons. The van der Waals surface area contributed by atoms with E-state index in [9.17, 15) is 0 Å². The van der Waals surface area contributed by atoms with Crippen LogP contribution in [-0.4, -0.2) is 49.7 Å². The van der Waals surface area contributed by atoms with Gasteiger partial charge in [-0.05, 0) is 18.6 Å². The molecule has 2 aromatic rings. The first-order chi connectivity index (χ1) is 11.3. The molecule has 0 aliphatic rings. The Bertz CT molecular complexity index is 624. The SMILES string of the molecule is COCCCNc1nncc(Nc2ccc(OC)cc2OC)n1. The number of aromatic nitrogens is 3. The fraction of sp³-hybridized carbons (Fsp3) is 0.400. The van der Waals surface area contributed by atoms with Crippen LogP contribution in [-0.2, 0) is 4.74 Å². The number of methoxy groups -OCH3 is 3. The van der Waals surface area contributed by atoms with Crippen LogP contribution in [0, 0.1) is 0 Å². The Morgan fingerprint density at radius 1 is 1.13 bits per heavy atom. The third-order valence-corrected chi connectivity index (χ3v) is 3.04. The maximum Gasteiger partial charge on any atom is 0.244 e. The molecule has 1 aromatic heterocycles. The van der Waals surface area contributed by atoms with Crippen LogP contribution in [0.1, 0.15) is 6.42 Å². The van der Waals surface area contributed by atoms with E-state index in [1.807, 2.05) is 12.1 Å². The number of anilines is 3. The number of ether oxygens (including phenoxy) is 3. The van der Waals surface area contributed by atoms with Gasteiger partial charge in [-0.25, -0.2) is 0 Å². The molecule has 0 bridgehead atoms. The molecule has 0 amide bonds. The smallest absolute Gasteiger partial charge is 0.244 e. The normalized spacial score (nSPS) is 10.2. The summed E-state index contributed by atoms with van der Waals surface area (Å²) in [4.78, 5) is 4.36. The minimum Gasteiger partial charge on any atom is -0.497 e. The predicted molar refractivity (Wildman–Crippen MR) is 87.6 cm³/mol. The van der Waals surface area contributed by atoms with E-state index in [2.05, 4.69) is 25.8 Å². The van der Waals surface area contributed by atoms with E-state index in [0.29, 0.717) is 36.4 Å². The molecule has 0 saturated carbocycles. The molecular formula is C15H21N5O3. The van der Waals surface area contributed by atoms with Crippen LogP contribution in [0.2, 0.25) is 0 Å². The zero-order valence-electron chi connectivity index (χ0n) is 13.5. The summed E-state index contributed by atoms with van der Waals surface area (Å²) in [6, 6.07) is 5.48. The first kappa shape index (κ1) is 16.8. The van der Waals surface area contributed by atoms with E-state index in [4.69, 9.17) is 14.2 Å². The molecule has 8 nitrogen and oxygen atoms in total. The van der Waals surface area contributed by atoms with Crippen LogP contribution >= 0.6 is 0 Å². The highest BCUT2D eigenvalue weighted by atomic mass is 16.5. The van der Waals surface area contributed by atoms with E-state index in [1.54, 1.807) is 33.6 Å². The molecule has 2 rings (SSSR count). The molecule has 0 spiro atoms. The standard InChI is InChI=1S/C15H21N5O3/c1-21-8-4-7-16-15-19-14(10-17-20-15)18-12-6-5-11(22-2)9-13(12)23-3/h5-6,9-10H,4,7-8H2,1-3H3,(H2,16,18,19,20). The molecule has 8 heteroatoms. The van der Waals surface area contributed by atoms with Crippen molar-refractivity contribution in [2.75, 3.05) is 45.1 Å². The van der Waals surface area contributed by atoms with Gasteiger partial charge in [0.05, 0.1) is 26.1 Å². The molecule has 23 heavy (non-hydrogen) atoms. The second-order valence-corrected chi connectivity index (χ2v) is 4.63. The molecule has 1 aromatic carbocycles. The third kappa shape index (κ3) is 4.96. The van der Waals surface area contributed by atoms with Crippen molar-refractivity contribution in [3.63, 3.8) is 0 Å². The summed E-state index contributed by atoms with van der Waals surface area (Å²) < 4.78 is 15.5. The van der Waals surface area contributed by atoms with Gasteiger partial charge in [-0.15, -0.1) is 5.10 Å². The van der Waals surface area contributed by atoms with Gasteiger partial charge in [0.2, 0.25) is 5.95 Å². The second kappa shape index (κ2) is 8.74. The van der Waals surface area contributed by atoms with Gasteiger partial charge in [0, 0.05) is 26.3 Å². The van der Waals surface area contributed by atoms with Gasteiger partial charge in [-0.2, -0.15) is 10.1 Å². The Hall–Kier alpha value is -2.61. The highest BCUT2D eigenvalue weighted by molar-refractivity contribution is 5.65. The quantitative estimate of drug-likeness (QED) is 0.679. The van der Waals surface area contributed by atoms with Crippen LogP contribution in [0.15, 0.2) is 24.4 Å². The predicted octanol–water partition coefficient (Wildman–Crippen LogP) is 2.08. The lowest BCUT2D eigenvalue weighted by molar-refractivity contribution is 0.197. The first-order valence-electron chi connectivity index (χ1n) is 7.18. The minimum absolute atomic E-state index is 0.457. The van der Waals surface area contributed by atoms with Crippen molar-refractivity contribution < 1.29 is 14.2 Å². The third-order valence-electron chi connectivity index (χ3n) is 3.04. The van der Waals surface area contributed by atoms with E-state index in [0.717, 1.165) is 12.1 Å². The Labute approximate surface area is 135 Å². The van der Waals surface area contributed by atoms with Crippen molar-refractivity contribution in [3.05, 3.63) is 24.4 Å². The summed E-state index contributed by atoms with van der Waals surface area (Å²) in [5.74, 6) is 2.39. The van der Waals surface area contributed by atoms with Gasteiger partial charge >= 0.3 is 0 Å². The molecule has 0 saturated heterocycles. The average molecular weight is 319 g/mol. The number of hydrogen-bond acceptors (Lipinski definition) is 8. The number of nitrogens with zero attached hydrogens (tertiary/aromatic N) is 3. The van der Waals surface area contributed by atoms with Gasteiger partial charge in [0.1, 0.15) is 11.5 Å². The molecule has 0 fully saturated rings. The summed E-state index contributed by atoms with van der Waals surface area (Å²) in [6.07, 6.45) is 2.41. The molecule has 0 unspecified atom stereocenters. The van der Waals surface area contributed by atoms with E-state index < -0.39 is 0 Å². The van der Waals surface area contributed by atoms with Gasteiger partial charge < -0.3 is 24.8 Å². The number of nitrogens with one attached hydrogen (secondary N) is 2. The van der Waals surface area contributed by atoms with Crippen LogP contribution in [0.5, 0.6) is 11.5 Å². The second-order valence-electron chi connectivity index (χ2n) is 4.63. The summed E-state index contributed by atoms with van der Waals surface area (Å²) >= 11 is 0. The van der Waals surface area contributed by atoms with Crippen molar-refractivity contribution in [1.29, 1.82) is 0 Å². The average Bonchev–Trinajstić information content (AvgIpc) is 2.59. The zero-order chi connectivity index (χ0) is 16.5. The maximum atomic E-state index is 5.35. The number of rotatable bonds is 9. The van der Waals surface area contributed by atoms with Crippen molar-refractivity contribution in [1.82, 2.24) is 15.2 Å². The van der Waals surface area contributed by atoms with Crippen LogP contribution in [0.25, 0.3) is 0 Å². The van der Waals surface area contributed by atoms with Gasteiger partial charge in [0.25, 0.3) is 0 Å². The van der Waals surface area contributed by atoms with Gasteiger partial charge in [0.15, 0.2) is 5.82 Å². The minimum atomic E-state index is 0.457. The van der Waals surface area contributed by atoms with Gasteiger partial charge in [-0.1, -0.05) is 0 Å². The Balaban J connectivity index is 2.05. The van der Waals surface area contributed by atoms with E-state index in [1.165, 1.54) is 0 Å². The largest absolute Gasteiger partial charge is 0.497 e. The van der Waals surface area contributed by atoms with E-state index in [-0.39, 0.29) is 0 Å². The Morgan fingerprint density at radius 2 is 2.00 bits per heavy atom. The zero-order valence-corrected chi connectivity index (χ0v) is 13.5. The lowest BCUT2D eigenvalue weighted by atomic mass is 10.2. The number of hydrogen-bond donors (Lipinski definition) is 2. The van der Waals surface area contributed by atoms with Crippen molar-refractivity contribution >= 4 is 17.5 Å². The van der Waals surface area contributed by atoms with Crippen LogP contribution < -0.4 is 20.1 Å². The molecule has 1 heterocycles. The van der Waals surface area contributed by atoms with Crippen LogP contribution in [0.4, 0.5) is 17.5 Å². The molecule has 2 N–H and O–H groups in total. The number of benzene rings is 1. The van der Waals surface area contributed by atoms with Crippen molar-refractivity contribution in [2.45, 2.75) is 6.42 Å². The van der Waals surface area contributed by atoms with Crippen LogP contribution in [0.3, 0.4) is 0 Å². The molecule has 0 atom stereocenters. The van der Waals surface area contributed by atoms with E-state index >= 15 is 0 Å².